The summed E-state index contributed by atoms with van der Waals surface area (Å²) in [6.45, 7) is 1.54. The molecule has 0 aromatic heterocycles. The van der Waals surface area contributed by atoms with Gasteiger partial charge in [0, 0.05) is 0 Å². The van der Waals surface area contributed by atoms with Crippen molar-refractivity contribution in [2.45, 2.75) is 11.8 Å². The van der Waals surface area contributed by atoms with Crippen LogP contribution >= 0.6 is 0 Å². The van der Waals surface area contributed by atoms with Gasteiger partial charge in [0.15, 0.2) is 4.90 Å². The smallest absolute Gasteiger partial charge is 0.267 e. The number of anilines is 1. The Morgan fingerprint density at radius 3 is 2.20 bits per heavy atom. The molecule has 2 aromatic carbocycles. The van der Waals surface area contributed by atoms with Crippen molar-refractivity contribution in [1.82, 2.24) is 0 Å². The van der Waals surface area contributed by atoms with Crippen LogP contribution in [0.15, 0.2) is 41.3 Å². The van der Waals surface area contributed by atoms with Gasteiger partial charge in [-0.05, 0) is 36.8 Å². The zero-order chi connectivity index (χ0) is 14.9. The molecule has 0 spiro atoms. The van der Waals surface area contributed by atoms with Gasteiger partial charge in [0.2, 0.25) is 0 Å². The third kappa shape index (κ3) is 2.77. The maximum absolute atomic E-state index is 13.5. The molecule has 106 valence electrons. The van der Waals surface area contributed by atoms with E-state index in [9.17, 15) is 21.6 Å². The summed E-state index contributed by atoms with van der Waals surface area (Å²) < 4.78 is 66.1. The van der Waals surface area contributed by atoms with Gasteiger partial charge in [-0.2, -0.15) is 0 Å². The van der Waals surface area contributed by atoms with Crippen LogP contribution in [-0.4, -0.2) is 8.42 Å². The average molecular weight is 301 g/mol. The largest absolute Gasteiger partial charge is 0.279 e. The highest BCUT2D eigenvalue weighted by Crippen LogP contribution is 2.24. The van der Waals surface area contributed by atoms with Gasteiger partial charge in [-0.3, -0.25) is 4.72 Å². The van der Waals surface area contributed by atoms with Gasteiger partial charge in [-0.15, -0.1) is 0 Å². The zero-order valence-corrected chi connectivity index (χ0v) is 11.1. The van der Waals surface area contributed by atoms with Crippen LogP contribution in [0.2, 0.25) is 0 Å². The monoisotopic (exact) mass is 301 g/mol. The number of nitrogens with one attached hydrogen (secondary N) is 1. The van der Waals surface area contributed by atoms with E-state index in [2.05, 4.69) is 0 Å². The highest BCUT2D eigenvalue weighted by Gasteiger charge is 2.24. The Bertz CT molecular complexity index is 740. The van der Waals surface area contributed by atoms with E-state index < -0.39 is 32.4 Å². The lowest BCUT2D eigenvalue weighted by molar-refractivity contribution is 0.521. The number of hydrogen-bond donors (Lipinski definition) is 1. The Morgan fingerprint density at radius 1 is 1.00 bits per heavy atom. The van der Waals surface area contributed by atoms with Crippen molar-refractivity contribution < 1.29 is 21.6 Å². The minimum Gasteiger partial charge on any atom is -0.279 e. The molecule has 1 N–H and O–H groups in total. The van der Waals surface area contributed by atoms with E-state index in [1.165, 1.54) is 13.0 Å². The van der Waals surface area contributed by atoms with E-state index in [0.717, 1.165) is 30.3 Å². The first kappa shape index (κ1) is 14.4. The topological polar surface area (TPSA) is 46.2 Å². The number of benzene rings is 2. The molecule has 0 aliphatic rings. The predicted octanol–water partition coefficient (Wildman–Crippen LogP) is 3.21. The molecule has 2 aromatic rings. The summed E-state index contributed by atoms with van der Waals surface area (Å²) in [5, 5.41) is 0. The van der Waals surface area contributed by atoms with Crippen molar-refractivity contribution in [2.75, 3.05) is 4.72 Å². The molecule has 0 radical (unpaired) electrons. The van der Waals surface area contributed by atoms with Crippen molar-refractivity contribution in [3.63, 3.8) is 0 Å². The number of halogens is 3. The van der Waals surface area contributed by atoms with E-state index >= 15 is 0 Å². The Hall–Kier alpha value is -2.02. The highest BCUT2D eigenvalue weighted by atomic mass is 32.2. The van der Waals surface area contributed by atoms with Crippen LogP contribution in [-0.2, 0) is 10.0 Å². The number of rotatable bonds is 3. The van der Waals surface area contributed by atoms with Crippen LogP contribution in [0.3, 0.4) is 0 Å². The quantitative estimate of drug-likeness (QED) is 0.946. The maximum Gasteiger partial charge on any atom is 0.267 e. The summed E-state index contributed by atoms with van der Waals surface area (Å²) in [4.78, 5) is -1.09. The van der Waals surface area contributed by atoms with E-state index in [1.54, 1.807) is 0 Å². The number of sulfonamides is 1. The third-order valence-corrected chi connectivity index (χ3v) is 4.05. The number of hydrogen-bond acceptors (Lipinski definition) is 2. The van der Waals surface area contributed by atoms with Crippen molar-refractivity contribution in [3.8, 4) is 0 Å². The summed E-state index contributed by atoms with van der Waals surface area (Å²) in [6, 6.07) is 6.15. The predicted molar refractivity (Wildman–Crippen MR) is 68.3 cm³/mol. The molecule has 0 saturated carbocycles. The molecule has 0 atom stereocenters. The molecule has 0 aliphatic carbocycles. The lowest BCUT2D eigenvalue weighted by atomic mass is 10.2. The molecule has 0 heterocycles. The lowest BCUT2D eigenvalue weighted by Crippen LogP contribution is -2.17. The second-order valence-corrected chi connectivity index (χ2v) is 5.73. The fourth-order valence-electron chi connectivity index (χ4n) is 1.64. The first-order valence-corrected chi connectivity index (χ1v) is 7.02. The van der Waals surface area contributed by atoms with E-state index in [1.807, 2.05) is 4.72 Å². The van der Waals surface area contributed by atoms with Gasteiger partial charge in [0.05, 0.1) is 5.69 Å². The molecule has 7 heteroatoms. The molecule has 0 saturated heterocycles. The fourth-order valence-corrected chi connectivity index (χ4v) is 2.90. The van der Waals surface area contributed by atoms with Crippen molar-refractivity contribution >= 4 is 15.7 Å². The van der Waals surface area contributed by atoms with Crippen LogP contribution in [0.1, 0.15) is 5.56 Å². The van der Waals surface area contributed by atoms with Gasteiger partial charge < -0.3 is 0 Å². The van der Waals surface area contributed by atoms with Crippen LogP contribution < -0.4 is 4.72 Å². The van der Waals surface area contributed by atoms with Crippen LogP contribution in [0.4, 0.5) is 18.9 Å². The van der Waals surface area contributed by atoms with Crippen molar-refractivity contribution in [3.05, 3.63) is 59.4 Å². The standard InChI is InChI=1S/C13H10F3NO2S/c1-8-5-6-9(14)7-12(8)17-20(18,19)13-10(15)3-2-4-11(13)16/h2-7,17H,1H3. The fraction of sp³-hybridized carbons (Fsp3) is 0.0769. The molecule has 2 rings (SSSR count). The van der Waals surface area contributed by atoms with Crippen LogP contribution in [0.25, 0.3) is 0 Å². The second-order valence-electron chi connectivity index (χ2n) is 4.12. The van der Waals surface area contributed by atoms with Gasteiger partial charge in [-0.1, -0.05) is 12.1 Å². The van der Waals surface area contributed by atoms with Gasteiger partial charge in [0.1, 0.15) is 17.5 Å². The zero-order valence-electron chi connectivity index (χ0n) is 10.3. The van der Waals surface area contributed by atoms with Gasteiger partial charge in [0.25, 0.3) is 10.0 Å². The Labute approximate surface area is 114 Å². The molecule has 0 fully saturated rings. The van der Waals surface area contributed by atoms with E-state index in [4.69, 9.17) is 0 Å². The minimum atomic E-state index is -4.48. The minimum absolute atomic E-state index is 0.0762. The first-order chi connectivity index (χ1) is 9.31. The Kier molecular flexibility index (Phi) is 3.71. The van der Waals surface area contributed by atoms with Gasteiger partial charge >= 0.3 is 0 Å². The molecule has 0 bridgehead atoms. The summed E-state index contributed by atoms with van der Waals surface area (Å²) in [5.41, 5.74) is 0.347. The molecule has 3 nitrogen and oxygen atoms in total. The highest BCUT2D eigenvalue weighted by molar-refractivity contribution is 7.92. The van der Waals surface area contributed by atoms with E-state index in [0.29, 0.717) is 5.56 Å². The Morgan fingerprint density at radius 2 is 1.60 bits per heavy atom. The number of aryl methyl sites for hydroxylation is 1. The third-order valence-electron chi connectivity index (χ3n) is 2.63. The molecular weight excluding hydrogens is 291 g/mol. The maximum atomic E-state index is 13.5. The van der Waals surface area contributed by atoms with E-state index in [-0.39, 0.29) is 5.69 Å². The van der Waals surface area contributed by atoms with Crippen LogP contribution in [0, 0.1) is 24.4 Å². The lowest BCUT2D eigenvalue weighted by Gasteiger charge is -2.11. The summed E-state index contributed by atoms with van der Waals surface area (Å²) in [7, 11) is -4.48. The molecule has 0 aliphatic heterocycles. The molecule has 0 unspecified atom stereocenters. The normalized spacial score (nSPS) is 11.4. The molecule has 20 heavy (non-hydrogen) atoms. The summed E-state index contributed by atoms with van der Waals surface area (Å²) >= 11 is 0. The SMILES string of the molecule is Cc1ccc(F)cc1NS(=O)(=O)c1c(F)cccc1F. The summed E-state index contributed by atoms with van der Waals surface area (Å²) in [5.74, 6) is -3.10. The van der Waals surface area contributed by atoms with Crippen LogP contribution in [0.5, 0.6) is 0 Å². The molecule has 0 amide bonds. The van der Waals surface area contributed by atoms with Crippen molar-refractivity contribution in [2.24, 2.45) is 0 Å². The first-order valence-electron chi connectivity index (χ1n) is 5.54. The van der Waals surface area contributed by atoms with Gasteiger partial charge in [-0.25, -0.2) is 21.6 Å². The summed E-state index contributed by atoms with van der Waals surface area (Å²) in [6.07, 6.45) is 0. The van der Waals surface area contributed by atoms with Crippen molar-refractivity contribution in [1.29, 1.82) is 0 Å². The average Bonchev–Trinajstić information content (AvgIpc) is 2.33. The molecular formula is C13H10F3NO2S. The Balaban J connectivity index is 2.49. The second kappa shape index (κ2) is 5.16.